The summed E-state index contributed by atoms with van der Waals surface area (Å²) in [6.07, 6.45) is -1.16. The lowest BCUT2D eigenvalue weighted by Gasteiger charge is -2.47. The number of aliphatic hydroxyl groups is 1. The Morgan fingerprint density at radius 2 is 1.81 bits per heavy atom. The van der Waals surface area contributed by atoms with Crippen LogP contribution in [0.1, 0.15) is 32.4 Å². The van der Waals surface area contributed by atoms with Crippen molar-refractivity contribution in [2.75, 3.05) is 19.6 Å². The van der Waals surface area contributed by atoms with Gasteiger partial charge in [0.15, 0.2) is 6.10 Å². The zero-order valence-electron chi connectivity index (χ0n) is 12.7. The number of amides is 2. The summed E-state index contributed by atoms with van der Waals surface area (Å²) in [5, 5.41) is 10.3. The fraction of sp³-hybridized carbons (Fsp3) is 0.500. The minimum absolute atomic E-state index is 0.0128. The van der Waals surface area contributed by atoms with Crippen molar-refractivity contribution < 1.29 is 14.7 Å². The van der Waals surface area contributed by atoms with Crippen LogP contribution in [0.4, 0.5) is 0 Å². The molecule has 1 aromatic rings. The number of carbonyl (C=O) groups is 2. The third-order valence-electron chi connectivity index (χ3n) is 3.96. The molecule has 1 saturated heterocycles. The average molecular weight is 290 g/mol. The maximum absolute atomic E-state index is 12.6. The molecule has 5 nitrogen and oxygen atoms in total. The largest absolute Gasteiger partial charge is 0.378 e. The molecule has 0 aliphatic carbocycles. The van der Waals surface area contributed by atoms with Crippen molar-refractivity contribution in [2.24, 2.45) is 0 Å². The first kappa shape index (κ1) is 15.5. The molecular formula is C16H22N2O3. The van der Waals surface area contributed by atoms with E-state index in [2.05, 4.69) is 0 Å². The van der Waals surface area contributed by atoms with Gasteiger partial charge in [0.25, 0.3) is 5.91 Å². The highest BCUT2D eigenvalue weighted by Crippen LogP contribution is 2.25. The molecule has 114 valence electrons. The SMILES string of the molecule is CC(=O)N1CCN(C(=O)C(O)c2ccccc2)C(C)(C)C1. The topological polar surface area (TPSA) is 60.9 Å². The predicted molar refractivity (Wildman–Crippen MR) is 79.4 cm³/mol. The van der Waals surface area contributed by atoms with Crippen molar-refractivity contribution in [3.63, 3.8) is 0 Å². The maximum atomic E-state index is 12.6. The molecule has 0 bridgehead atoms. The van der Waals surface area contributed by atoms with Crippen LogP contribution in [0.3, 0.4) is 0 Å². The normalized spacial score (nSPS) is 19.2. The van der Waals surface area contributed by atoms with Crippen LogP contribution in [0.15, 0.2) is 30.3 Å². The smallest absolute Gasteiger partial charge is 0.256 e. The minimum atomic E-state index is -1.16. The van der Waals surface area contributed by atoms with Crippen LogP contribution in [0.2, 0.25) is 0 Å². The first-order valence-electron chi connectivity index (χ1n) is 7.13. The summed E-state index contributed by atoms with van der Waals surface area (Å²) in [6, 6.07) is 8.91. The maximum Gasteiger partial charge on any atom is 0.256 e. The van der Waals surface area contributed by atoms with Crippen molar-refractivity contribution >= 4 is 11.8 Å². The molecule has 1 aliphatic heterocycles. The van der Waals surface area contributed by atoms with Gasteiger partial charge in [-0.2, -0.15) is 0 Å². The van der Waals surface area contributed by atoms with E-state index in [0.29, 0.717) is 25.2 Å². The van der Waals surface area contributed by atoms with Gasteiger partial charge in [-0.3, -0.25) is 9.59 Å². The fourth-order valence-corrected chi connectivity index (χ4v) is 2.76. The lowest BCUT2D eigenvalue weighted by molar-refractivity contribution is -0.153. The van der Waals surface area contributed by atoms with Crippen LogP contribution in [-0.4, -0.2) is 51.9 Å². The molecule has 1 fully saturated rings. The standard InChI is InChI=1S/C16H22N2O3/c1-12(19)17-9-10-18(16(2,3)11-17)15(21)14(20)13-7-5-4-6-8-13/h4-8,14,20H,9-11H2,1-3H3. The van der Waals surface area contributed by atoms with Gasteiger partial charge >= 0.3 is 0 Å². The number of carbonyl (C=O) groups excluding carboxylic acids is 2. The molecule has 1 heterocycles. The van der Waals surface area contributed by atoms with Crippen molar-refractivity contribution in [2.45, 2.75) is 32.4 Å². The molecule has 1 atom stereocenters. The van der Waals surface area contributed by atoms with Crippen LogP contribution in [0, 0.1) is 0 Å². The molecule has 0 radical (unpaired) electrons. The second-order valence-corrected chi connectivity index (χ2v) is 6.06. The highest BCUT2D eigenvalue weighted by molar-refractivity contribution is 5.83. The zero-order chi connectivity index (χ0) is 15.6. The second kappa shape index (κ2) is 5.85. The summed E-state index contributed by atoms with van der Waals surface area (Å²) < 4.78 is 0. The van der Waals surface area contributed by atoms with E-state index in [0.717, 1.165) is 0 Å². The molecule has 1 unspecified atom stereocenters. The Balaban J connectivity index is 2.14. The molecule has 5 heteroatoms. The number of hydrogen-bond donors (Lipinski definition) is 1. The Morgan fingerprint density at radius 1 is 1.19 bits per heavy atom. The second-order valence-electron chi connectivity index (χ2n) is 6.06. The third kappa shape index (κ3) is 3.24. The van der Waals surface area contributed by atoms with E-state index in [4.69, 9.17) is 0 Å². The molecule has 0 saturated carbocycles. The van der Waals surface area contributed by atoms with E-state index >= 15 is 0 Å². The molecule has 2 amide bonds. The lowest BCUT2D eigenvalue weighted by atomic mass is 9.96. The molecule has 1 aromatic carbocycles. The highest BCUT2D eigenvalue weighted by Gasteiger charge is 2.39. The molecule has 1 aliphatic rings. The Bertz CT molecular complexity index is 528. The van der Waals surface area contributed by atoms with Crippen molar-refractivity contribution in [1.29, 1.82) is 0 Å². The number of benzene rings is 1. The van der Waals surface area contributed by atoms with Crippen LogP contribution in [0.25, 0.3) is 0 Å². The minimum Gasteiger partial charge on any atom is -0.378 e. The van der Waals surface area contributed by atoms with Gasteiger partial charge in [0.05, 0.1) is 5.54 Å². The molecule has 0 spiro atoms. The van der Waals surface area contributed by atoms with Gasteiger partial charge in [-0.1, -0.05) is 30.3 Å². The highest BCUT2D eigenvalue weighted by atomic mass is 16.3. The van der Waals surface area contributed by atoms with Crippen molar-refractivity contribution in [3.05, 3.63) is 35.9 Å². The molecule has 2 rings (SSSR count). The Labute approximate surface area is 125 Å². The monoisotopic (exact) mass is 290 g/mol. The molecule has 0 aromatic heterocycles. The van der Waals surface area contributed by atoms with Crippen molar-refractivity contribution in [1.82, 2.24) is 9.80 Å². The summed E-state index contributed by atoms with van der Waals surface area (Å²) in [5.74, 6) is -0.298. The van der Waals surface area contributed by atoms with E-state index in [1.165, 1.54) is 6.92 Å². The average Bonchev–Trinajstić information content (AvgIpc) is 2.45. The number of hydrogen-bond acceptors (Lipinski definition) is 3. The fourth-order valence-electron chi connectivity index (χ4n) is 2.76. The van der Waals surface area contributed by atoms with Gasteiger partial charge in [0, 0.05) is 26.6 Å². The number of aliphatic hydroxyl groups excluding tert-OH is 1. The Hall–Kier alpha value is -1.88. The van der Waals surface area contributed by atoms with E-state index in [-0.39, 0.29) is 11.8 Å². The van der Waals surface area contributed by atoms with E-state index in [9.17, 15) is 14.7 Å². The zero-order valence-corrected chi connectivity index (χ0v) is 12.7. The molecule has 21 heavy (non-hydrogen) atoms. The molecule has 1 N–H and O–H groups in total. The summed E-state index contributed by atoms with van der Waals surface area (Å²) in [4.78, 5) is 27.5. The number of rotatable bonds is 2. The molecular weight excluding hydrogens is 268 g/mol. The first-order chi connectivity index (χ1) is 9.83. The van der Waals surface area contributed by atoms with E-state index in [1.807, 2.05) is 19.9 Å². The van der Waals surface area contributed by atoms with Gasteiger partial charge in [0.2, 0.25) is 5.91 Å². The van der Waals surface area contributed by atoms with E-state index < -0.39 is 11.6 Å². The van der Waals surface area contributed by atoms with Gasteiger partial charge in [-0.15, -0.1) is 0 Å². The van der Waals surface area contributed by atoms with Crippen LogP contribution in [-0.2, 0) is 9.59 Å². The summed E-state index contributed by atoms with van der Waals surface area (Å²) in [7, 11) is 0. The quantitative estimate of drug-likeness (QED) is 0.890. The van der Waals surface area contributed by atoms with Crippen molar-refractivity contribution in [3.8, 4) is 0 Å². The lowest BCUT2D eigenvalue weighted by Crippen LogP contribution is -2.62. The van der Waals surface area contributed by atoms with Crippen LogP contribution < -0.4 is 0 Å². The van der Waals surface area contributed by atoms with Gasteiger partial charge in [0.1, 0.15) is 0 Å². The Kier molecular flexibility index (Phi) is 4.32. The summed E-state index contributed by atoms with van der Waals surface area (Å²) in [5.41, 5.74) is 0.101. The number of nitrogens with zero attached hydrogens (tertiary/aromatic N) is 2. The van der Waals surface area contributed by atoms with Crippen LogP contribution in [0.5, 0.6) is 0 Å². The van der Waals surface area contributed by atoms with Gasteiger partial charge in [-0.05, 0) is 19.4 Å². The van der Waals surface area contributed by atoms with Gasteiger partial charge in [-0.25, -0.2) is 0 Å². The summed E-state index contributed by atoms with van der Waals surface area (Å²) in [6.45, 7) is 6.79. The van der Waals surface area contributed by atoms with Gasteiger partial charge < -0.3 is 14.9 Å². The first-order valence-corrected chi connectivity index (χ1v) is 7.13. The van der Waals surface area contributed by atoms with Crippen LogP contribution >= 0.6 is 0 Å². The number of piperazine rings is 1. The summed E-state index contributed by atoms with van der Waals surface area (Å²) >= 11 is 0. The van der Waals surface area contributed by atoms with E-state index in [1.54, 1.807) is 34.1 Å². The Morgan fingerprint density at radius 3 is 2.33 bits per heavy atom. The third-order valence-corrected chi connectivity index (χ3v) is 3.96. The predicted octanol–water partition coefficient (Wildman–Crippen LogP) is 1.19.